The van der Waals surface area contributed by atoms with Gasteiger partial charge in [-0.3, -0.25) is 4.79 Å². The summed E-state index contributed by atoms with van der Waals surface area (Å²) in [7, 11) is 0. The van der Waals surface area contributed by atoms with Crippen LogP contribution in [-0.4, -0.2) is 66.2 Å². The molecule has 7 aliphatic rings. The van der Waals surface area contributed by atoms with E-state index in [-0.39, 0.29) is 47.4 Å². The molecular weight excluding hydrogens is 412 g/mol. The first kappa shape index (κ1) is 20.1. The lowest BCUT2D eigenvalue weighted by Crippen LogP contribution is -2.77. The average Bonchev–Trinajstić information content (AvgIpc) is 3.63. The first-order valence-electron chi connectivity index (χ1n) is 12.2. The lowest BCUT2D eigenvalue weighted by Gasteiger charge is -2.56. The molecule has 4 aliphatic heterocycles. The molecule has 174 valence electrons. The Morgan fingerprint density at radius 1 is 1.12 bits per heavy atom. The minimum Gasteiger partial charge on any atom is -0.458 e. The Balaban J connectivity index is 1.40. The second-order valence-corrected chi connectivity index (χ2v) is 11.9. The molecule has 0 aromatic heterocycles. The van der Waals surface area contributed by atoms with Crippen molar-refractivity contribution < 1.29 is 33.3 Å². The van der Waals surface area contributed by atoms with Gasteiger partial charge in [0.1, 0.15) is 30.0 Å². The van der Waals surface area contributed by atoms with E-state index in [1.165, 1.54) is 0 Å². The molecule has 4 heterocycles. The van der Waals surface area contributed by atoms with E-state index in [0.717, 1.165) is 30.3 Å². The molecule has 0 bridgehead atoms. The van der Waals surface area contributed by atoms with Crippen molar-refractivity contribution in [3.63, 3.8) is 0 Å². The third-order valence-corrected chi connectivity index (χ3v) is 10.1. The minimum atomic E-state index is -1.20. The molecular formula is C25H32O7. The van der Waals surface area contributed by atoms with Crippen LogP contribution in [-0.2, 0) is 33.3 Å². The maximum Gasteiger partial charge on any atom is 0.334 e. The molecule has 2 spiro atoms. The van der Waals surface area contributed by atoms with Crippen molar-refractivity contribution >= 4 is 12.3 Å². The molecule has 7 rings (SSSR count). The van der Waals surface area contributed by atoms with Crippen molar-refractivity contribution in [3.05, 3.63) is 11.1 Å². The molecule has 9 atom stereocenters. The van der Waals surface area contributed by atoms with Gasteiger partial charge in [0, 0.05) is 11.0 Å². The number of carbonyl (C=O) groups is 2. The number of carbonyl (C=O) groups excluding carboxylic acids is 2. The standard InChI is InChI=1S/C25H32O7/c1-12(2)9-29-22(11-26)23(13(3)4)18(31-23)19-25(32-19)21(5)7-6-14-15(10-28-20(14)27)16(21)8-17-24(22,25)30-17/h11-13,16-19H,6-10H2,1-5H3/t16-,17-,18-,19-,21-,22-,23-,24+,25+/m0/s1. The van der Waals surface area contributed by atoms with Gasteiger partial charge in [0.25, 0.3) is 0 Å². The highest BCUT2D eigenvalue weighted by molar-refractivity contribution is 5.92. The highest BCUT2D eigenvalue weighted by Gasteiger charge is 3.05. The fraction of sp³-hybridized carbons (Fsp3) is 0.840. The lowest BCUT2D eigenvalue weighted by atomic mass is 9.44. The second-order valence-electron chi connectivity index (χ2n) is 11.9. The summed E-state index contributed by atoms with van der Waals surface area (Å²) < 4.78 is 31.9. The number of aldehydes is 1. The smallest absolute Gasteiger partial charge is 0.334 e. The molecule has 3 aliphatic carbocycles. The van der Waals surface area contributed by atoms with E-state index in [4.69, 9.17) is 23.7 Å². The van der Waals surface area contributed by atoms with Gasteiger partial charge in [-0.15, -0.1) is 0 Å². The van der Waals surface area contributed by atoms with Crippen LogP contribution in [0.25, 0.3) is 0 Å². The highest BCUT2D eigenvalue weighted by Crippen LogP contribution is 2.85. The predicted octanol–water partition coefficient (Wildman–Crippen LogP) is 2.35. The Morgan fingerprint density at radius 3 is 2.59 bits per heavy atom. The fourth-order valence-electron chi connectivity index (χ4n) is 8.66. The number of cyclic esters (lactones) is 1. The molecule has 0 aromatic rings. The van der Waals surface area contributed by atoms with Crippen LogP contribution in [0.15, 0.2) is 11.1 Å². The lowest BCUT2D eigenvalue weighted by molar-refractivity contribution is -0.194. The second kappa shape index (κ2) is 5.51. The Labute approximate surface area is 188 Å². The van der Waals surface area contributed by atoms with Crippen LogP contribution in [0, 0.1) is 23.2 Å². The highest BCUT2D eigenvalue weighted by atomic mass is 16.8. The Morgan fingerprint density at radius 2 is 1.91 bits per heavy atom. The number of rotatable bonds is 5. The summed E-state index contributed by atoms with van der Waals surface area (Å²) >= 11 is 0. The molecule has 0 amide bonds. The number of ether oxygens (including phenoxy) is 5. The minimum absolute atomic E-state index is 0.0818. The summed E-state index contributed by atoms with van der Waals surface area (Å²) in [5.74, 6) is 0.324. The van der Waals surface area contributed by atoms with Crippen LogP contribution in [0.3, 0.4) is 0 Å². The van der Waals surface area contributed by atoms with Crippen molar-refractivity contribution in [2.45, 2.75) is 94.6 Å². The summed E-state index contributed by atoms with van der Waals surface area (Å²) in [6, 6.07) is 0. The van der Waals surface area contributed by atoms with Crippen molar-refractivity contribution in [2.24, 2.45) is 23.2 Å². The van der Waals surface area contributed by atoms with Gasteiger partial charge in [0.05, 0.1) is 12.7 Å². The van der Waals surface area contributed by atoms with Gasteiger partial charge >= 0.3 is 5.97 Å². The Bertz CT molecular complexity index is 987. The molecule has 3 saturated heterocycles. The number of fused-ring (bicyclic) bond motifs is 4. The molecule has 7 nitrogen and oxygen atoms in total. The zero-order valence-electron chi connectivity index (χ0n) is 19.4. The van der Waals surface area contributed by atoms with Crippen LogP contribution in [0.4, 0.5) is 0 Å². The van der Waals surface area contributed by atoms with Crippen molar-refractivity contribution in [1.82, 2.24) is 0 Å². The zero-order valence-corrected chi connectivity index (χ0v) is 19.4. The fourth-order valence-corrected chi connectivity index (χ4v) is 8.66. The van der Waals surface area contributed by atoms with E-state index in [0.29, 0.717) is 19.6 Å². The molecule has 0 unspecified atom stereocenters. The van der Waals surface area contributed by atoms with Crippen molar-refractivity contribution in [2.75, 3.05) is 13.2 Å². The topological polar surface area (TPSA) is 90.2 Å². The van der Waals surface area contributed by atoms with Gasteiger partial charge < -0.3 is 23.7 Å². The largest absolute Gasteiger partial charge is 0.458 e. The third-order valence-electron chi connectivity index (χ3n) is 10.1. The van der Waals surface area contributed by atoms with Crippen LogP contribution < -0.4 is 0 Å². The van der Waals surface area contributed by atoms with Crippen LogP contribution in [0.2, 0.25) is 0 Å². The molecule has 7 heteroatoms. The van der Waals surface area contributed by atoms with E-state index in [9.17, 15) is 9.59 Å². The van der Waals surface area contributed by atoms with Gasteiger partial charge in [-0.1, -0.05) is 34.6 Å². The summed E-state index contributed by atoms with van der Waals surface area (Å²) in [6.07, 6.45) is 2.78. The third kappa shape index (κ3) is 1.71. The van der Waals surface area contributed by atoms with E-state index < -0.39 is 22.4 Å². The van der Waals surface area contributed by atoms with Gasteiger partial charge in [0.15, 0.2) is 17.5 Å². The van der Waals surface area contributed by atoms with Crippen LogP contribution >= 0.6 is 0 Å². The maximum absolute atomic E-state index is 13.2. The van der Waals surface area contributed by atoms with Crippen molar-refractivity contribution in [1.29, 1.82) is 0 Å². The first-order valence-corrected chi connectivity index (χ1v) is 12.2. The first-order chi connectivity index (χ1) is 15.2. The molecule has 32 heavy (non-hydrogen) atoms. The summed E-state index contributed by atoms with van der Waals surface area (Å²) in [5.41, 5.74) is -1.72. The summed E-state index contributed by atoms with van der Waals surface area (Å²) in [6.45, 7) is 11.5. The monoisotopic (exact) mass is 444 g/mol. The predicted molar refractivity (Wildman–Crippen MR) is 111 cm³/mol. The van der Waals surface area contributed by atoms with E-state index in [1.54, 1.807) is 0 Å². The van der Waals surface area contributed by atoms with E-state index in [2.05, 4.69) is 34.6 Å². The number of epoxide rings is 3. The summed E-state index contributed by atoms with van der Waals surface area (Å²) in [4.78, 5) is 25.5. The van der Waals surface area contributed by atoms with Gasteiger partial charge in [-0.2, -0.15) is 0 Å². The van der Waals surface area contributed by atoms with Gasteiger partial charge in [0.2, 0.25) is 0 Å². The van der Waals surface area contributed by atoms with Gasteiger partial charge in [-0.05, 0) is 42.6 Å². The van der Waals surface area contributed by atoms with Gasteiger partial charge in [-0.25, -0.2) is 4.79 Å². The quantitative estimate of drug-likeness (QED) is 0.365. The average molecular weight is 445 g/mol. The van der Waals surface area contributed by atoms with Crippen LogP contribution in [0.5, 0.6) is 0 Å². The van der Waals surface area contributed by atoms with E-state index >= 15 is 0 Å². The van der Waals surface area contributed by atoms with E-state index in [1.807, 2.05) is 0 Å². The molecule has 0 N–H and O–H groups in total. The number of esters is 1. The zero-order chi connectivity index (χ0) is 22.5. The molecule has 0 radical (unpaired) electrons. The number of hydrogen-bond acceptors (Lipinski definition) is 7. The maximum atomic E-state index is 13.2. The normalized spacial score (nSPS) is 55.9. The summed E-state index contributed by atoms with van der Waals surface area (Å²) in [5, 5.41) is 0. The Hall–Kier alpha value is -1.28. The van der Waals surface area contributed by atoms with Crippen molar-refractivity contribution in [3.8, 4) is 0 Å². The Kier molecular flexibility index (Phi) is 3.46. The molecule has 2 saturated carbocycles. The SMILES string of the molecule is CC(C)CO[C@]1(C=O)[C@]23O[C@H]2C[C@H]2C4=C(CC[C@]2(C)[C@@]32O[C@H]2[C@@H]2O[C@@]21C(C)C)C(=O)OC4. The molecule has 5 fully saturated rings. The molecule has 0 aromatic carbocycles. The number of hydrogen-bond donors (Lipinski definition) is 0. The van der Waals surface area contributed by atoms with Crippen LogP contribution in [0.1, 0.15) is 53.9 Å².